The van der Waals surface area contributed by atoms with E-state index in [0.29, 0.717) is 36.8 Å². The van der Waals surface area contributed by atoms with Gasteiger partial charge >= 0.3 is 0 Å². The van der Waals surface area contributed by atoms with E-state index in [0.717, 1.165) is 5.57 Å². The number of hydrogen-bond donors (Lipinski definition) is 2. The summed E-state index contributed by atoms with van der Waals surface area (Å²) in [6.45, 7) is 4.42. The fourth-order valence-corrected chi connectivity index (χ4v) is 5.86. The van der Waals surface area contributed by atoms with E-state index < -0.39 is 15.6 Å². The summed E-state index contributed by atoms with van der Waals surface area (Å²) in [5.74, 6) is -0.334. The molecule has 1 saturated heterocycles. The zero-order valence-electron chi connectivity index (χ0n) is 20.7. The molecular formula is C28H28N4O4S. The Balaban J connectivity index is 1.54. The molecule has 0 spiro atoms. The molecule has 0 atom stereocenters. The minimum absolute atomic E-state index is 0.0171. The van der Waals surface area contributed by atoms with Crippen LogP contribution in [0.2, 0.25) is 0 Å². The zero-order valence-corrected chi connectivity index (χ0v) is 21.5. The third-order valence-electron chi connectivity index (χ3n) is 6.58. The van der Waals surface area contributed by atoms with Gasteiger partial charge in [-0.3, -0.25) is 14.5 Å². The first-order valence-corrected chi connectivity index (χ1v) is 13.4. The number of fused-ring (bicyclic) bond motifs is 1. The van der Waals surface area contributed by atoms with E-state index in [1.807, 2.05) is 38.1 Å². The molecule has 8 nitrogen and oxygen atoms in total. The summed E-state index contributed by atoms with van der Waals surface area (Å²) in [6, 6.07) is 14.7. The summed E-state index contributed by atoms with van der Waals surface area (Å²) < 4.78 is 28.8. The minimum Gasteiger partial charge on any atom is -0.385 e. The summed E-state index contributed by atoms with van der Waals surface area (Å²) in [5, 5.41) is 21.5. The van der Waals surface area contributed by atoms with Crippen LogP contribution in [0.1, 0.15) is 42.6 Å². The highest BCUT2D eigenvalue weighted by molar-refractivity contribution is 7.93. The molecular weight excluding hydrogens is 488 g/mol. The van der Waals surface area contributed by atoms with Crippen molar-refractivity contribution in [2.24, 2.45) is 0 Å². The van der Waals surface area contributed by atoms with Crippen molar-refractivity contribution in [2.75, 3.05) is 17.8 Å². The predicted octanol–water partition coefficient (Wildman–Crippen LogP) is 4.40. The van der Waals surface area contributed by atoms with Crippen LogP contribution in [-0.2, 0) is 10.0 Å². The van der Waals surface area contributed by atoms with Crippen molar-refractivity contribution >= 4 is 32.5 Å². The van der Waals surface area contributed by atoms with Crippen LogP contribution in [0.25, 0.3) is 10.9 Å². The first-order valence-electron chi connectivity index (χ1n) is 11.9. The fraction of sp³-hybridized carbons (Fsp3) is 0.250. The van der Waals surface area contributed by atoms with Gasteiger partial charge in [0.25, 0.3) is 15.9 Å². The number of nitrogens with zero attached hydrogens (tertiary/aromatic N) is 3. The van der Waals surface area contributed by atoms with Gasteiger partial charge in [0.2, 0.25) is 0 Å². The minimum atomic E-state index is -4.00. The zero-order chi connectivity index (χ0) is 26.6. The molecule has 2 aromatic carbocycles. The van der Waals surface area contributed by atoms with E-state index in [1.54, 1.807) is 29.2 Å². The highest BCUT2D eigenvalue weighted by Gasteiger charge is 2.36. The van der Waals surface area contributed by atoms with Crippen molar-refractivity contribution in [1.82, 2.24) is 9.88 Å². The first kappa shape index (κ1) is 26.1. The Labute approximate surface area is 216 Å². The van der Waals surface area contributed by atoms with E-state index >= 15 is 0 Å². The van der Waals surface area contributed by atoms with Crippen LogP contribution < -0.4 is 4.72 Å². The maximum atomic E-state index is 13.2. The van der Waals surface area contributed by atoms with Crippen molar-refractivity contribution in [3.05, 3.63) is 89.7 Å². The summed E-state index contributed by atoms with van der Waals surface area (Å²) in [7, 11) is -4.00. The number of anilines is 1. The van der Waals surface area contributed by atoms with E-state index in [-0.39, 0.29) is 27.6 Å². The number of nitrogens with one attached hydrogen (secondary N) is 1. The number of sulfonamides is 1. The van der Waals surface area contributed by atoms with Crippen LogP contribution in [0.5, 0.6) is 0 Å². The van der Waals surface area contributed by atoms with Crippen LogP contribution in [0.4, 0.5) is 5.69 Å². The Bertz CT molecular complexity index is 1540. The Morgan fingerprint density at radius 3 is 2.57 bits per heavy atom. The second kappa shape index (κ2) is 10.5. The molecule has 1 amide bonds. The normalized spacial score (nSPS) is 16.1. The van der Waals surface area contributed by atoms with Crippen LogP contribution >= 0.6 is 0 Å². The van der Waals surface area contributed by atoms with Gasteiger partial charge in [0.05, 0.1) is 27.9 Å². The van der Waals surface area contributed by atoms with Crippen LogP contribution in [0.3, 0.4) is 0 Å². The van der Waals surface area contributed by atoms with E-state index in [1.165, 1.54) is 30.5 Å². The van der Waals surface area contributed by atoms with Gasteiger partial charge in [-0.1, -0.05) is 36.4 Å². The average Bonchev–Trinajstić information content (AvgIpc) is 2.91. The molecule has 0 aliphatic carbocycles. The fourth-order valence-electron chi connectivity index (χ4n) is 4.63. The number of aromatic nitrogens is 1. The van der Waals surface area contributed by atoms with Crippen molar-refractivity contribution in [2.45, 2.75) is 37.2 Å². The largest absolute Gasteiger partial charge is 0.385 e. The van der Waals surface area contributed by atoms with Crippen LogP contribution in [0.15, 0.2) is 83.4 Å². The van der Waals surface area contributed by atoms with E-state index in [9.17, 15) is 23.6 Å². The number of piperidine rings is 1. The van der Waals surface area contributed by atoms with E-state index in [2.05, 4.69) is 9.71 Å². The molecule has 1 fully saturated rings. The number of hydrogen-bond acceptors (Lipinski definition) is 6. The summed E-state index contributed by atoms with van der Waals surface area (Å²) >= 11 is 0. The third kappa shape index (κ3) is 5.26. The number of amides is 1. The highest BCUT2D eigenvalue weighted by atomic mass is 32.2. The second-order valence-electron chi connectivity index (χ2n) is 8.88. The number of likely N-dealkylation sites (tertiary alicyclic amines) is 1. The predicted molar refractivity (Wildman–Crippen MR) is 142 cm³/mol. The number of aliphatic hydroxyl groups is 1. The number of carbonyl (C=O) groups is 1. The maximum Gasteiger partial charge on any atom is 0.264 e. The van der Waals surface area contributed by atoms with Crippen molar-refractivity contribution in [3.8, 4) is 6.07 Å². The number of nitriles is 1. The average molecular weight is 517 g/mol. The maximum absolute atomic E-state index is 13.2. The van der Waals surface area contributed by atoms with Gasteiger partial charge in [-0.05, 0) is 62.6 Å². The Kier molecular flexibility index (Phi) is 7.43. The Morgan fingerprint density at radius 2 is 1.89 bits per heavy atom. The molecule has 9 heteroatoms. The molecule has 1 aromatic heterocycles. The first-order chi connectivity index (χ1) is 17.7. The van der Waals surface area contributed by atoms with Gasteiger partial charge in [0.1, 0.15) is 11.0 Å². The number of pyridine rings is 1. The number of rotatable bonds is 6. The van der Waals surface area contributed by atoms with Crippen LogP contribution in [-0.4, -0.2) is 48.0 Å². The van der Waals surface area contributed by atoms with Gasteiger partial charge in [-0.2, -0.15) is 5.26 Å². The number of para-hydroxylation sites is 1. The van der Waals surface area contributed by atoms with Gasteiger partial charge in [-0.15, -0.1) is 0 Å². The molecule has 0 radical (unpaired) electrons. The van der Waals surface area contributed by atoms with Crippen LogP contribution in [0, 0.1) is 11.3 Å². The Morgan fingerprint density at radius 1 is 1.16 bits per heavy atom. The molecule has 190 valence electrons. The highest BCUT2D eigenvalue weighted by Crippen LogP contribution is 2.32. The SMILES string of the molecule is C/C=C\C(=C/C)C1(O)CCN(C(=O)c2ccc(NS(=O)(=O)c3cccc4cccnc34)cc2C#N)CC1. The molecule has 4 rings (SSSR count). The lowest BCUT2D eigenvalue weighted by molar-refractivity contribution is 0.0129. The van der Waals surface area contributed by atoms with Gasteiger partial charge in [0, 0.05) is 24.7 Å². The van der Waals surface area contributed by atoms with Gasteiger partial charge in [0.15, 0.2) is 0 Å². The smallest absolute Gasteiger partial charge is 0.264 e. The van der Waals surface area contributed by atoms with Gasteiger partial charge < -0.3 is 10.0 Å². The number of allylic oxidation sites excluding steroid dienone is 2. The molecule has 2 N–H and O–H groups in total. The van der Waals surface area contributed by atoms with E-state index in [4.69, 9.17) is 0 Å². The number of benzene rings is 2. The molecule has 2 heterocycles. The lowest BCUT2D eigenvalue weighted by atomic mass is 9.83. The van der Waals surface area contributed by atoms with Crippen molar-refractivity contribution in [3.63, 3.8) is 0 Å². The summed E-state index contributed by atoms with van der Waals surface area (Å²) in [5.41, 5.74) is 0.559. The lowest BCUT2D eigenvalue weighted by Crippen LogP contribution is -2.47. The molecule has 1 aliphatic rings. The third-order valence-corrected chi connectivity index (χ3v) is 7.99. The standard InChI is InChI=1S/C28H28N4O4S/c1-3-7-22(4-2)28(34)13-16-32(17-14-28)27(33)24-12-11-23(18-21(24)19-29)31-37(35,36)25-10-5-8-20-9-6-15-30-26(20)25/h3-12,15,18,31,34H,13-14,16-17H2,1-2H3/b7-3-,22-4+. The molecule has 3 aromatic rings. The topological polar surface area (TPSA) is 123 Å². The second-order valence-corrected chi connectivity index (χ2v) is 10.5. The molecule has 1 aliphatic heterocycles. The van der Waals surface area contributed by atoms with Crippen molar-refractivity contribution in [1.29, 1.82) is 5.26 Å². The summed E-state index contributed by atoms with van der Waals surface area (Å²) in [6.07, 6.45) is 7.90. The summed E-state index contributed by atoms with van der Waals surface area (Å²) in [4.78, 5) is 19.1. The molecule has 0 saturated carbocycles. The number of carbonyl (C=O) groups excluding carboxylic acids is 1. The quantitative estimate of drug-likeness (QED) is 0.468. The molecule has 0 bridgehead atoms. The van der Waals surface area contributed by atoms with Crippen molar-refractivity contribution < 1.29 is 18.3 Å². The molecule has 37 heavy (non-hydrogen) atoms. The Hall–Kier alpha value is -4.00. The monoisotopic (exact) mass is 516 g/mol. The molecule has 0 unspecified atom stereocenters. The van der Waals surface area contributed by atoms with Gasteiger partial charge in [-0.25, -0.2) is 8.42 Å². The lowest BCUT2D eigenvalue weighted by Gasteiger charge is -2.39.